The molecule has 1 aliphatic heterocycles. The number of thiophene rings is 1. The van der Waals surface area contributed by atoms with E-state index in [1.54, 1.807) is 11.3 Å². The molecular formula is C15H23N3O4S. The summed E-state index contributed by atoms with van der Waals surface area (Å²) in [6.45, 7) is 4.88. The first-order chi connectivity index (χ1) is 11.0. The van der Waals surface area contributed by atoms with Gasteiger partial charge in [-0.05, 0) is 11.4 Å². The van der Waals surface area contributed by atoms with Gasteiger partial charge in [-0.25, -0.2) is 0 Å². The van der Waals surface area contributed by atoms with Crippen molar-refractivity contribution in [2.75, 3.05) is 52.4 Å². The minimum Gasteiger partial charge on any atom is -0.480 e. The van der Waals surface area contributed by atoms with Crippen LogP contribution in [0.15, 0.2) is 17.5 Å². The molecule has 2 heterocycles. The molecule has 0 radical (unpaired) electrons. The minimum atomic E-state index is -0.848. The Kier molecular flexibility index (Phi) is 6.97. The number of nitrogens with zero attached hydrogens (tertiary/aromatic N) is 3. The highest BCUT2D eigenvalue weighted by atomic mass is 32.1. The third-order valence-electron chi connectivity index (χ3n) is 3.87. The Morgan fingerprint density at radius 2 is 1.39 bits per heavy atom. The van der Waals surface area contributed by atoms with Gasteiger partial charge in [-0.15, -0.1) is 11.3 Å². The van der Waals surface area contributed by atoms with Crippen LogP contribution in [-0.4, -0.2) is 89.2 Å². The average molecular weight is 341 g/mol. The van der Waals surface area contributed by atoms with E-state index in [0.717, 1.165) is 19.6 Å². The second-order valence-corrected chi connectivity index (χ2v) is 6.73. The number of carbonyl (C=O) groups is 2. The summed E-state index contributed by atoms with van der Waals surface area (Å²) in [6.07, 6.45) is 0. The van der Waals surface area contributed by atoms with Crippen LogP contribution in [0.5, 0.6) is 0 Å². The van der Waals surface area contributed by atoms with Crippen molar-refractivity contribution >= 4 is 23.3 Å². The fraction of sp³-hybridized carbons (Fsp3) is 0.600. The molecule has 0 atom stereocenters. The molecule has 0 bridgehead atoms. The molecule has 2 rings (SSSR count). The van der Waals surface area contributed by atoms with Crippen molar-refractivity contribution in [3.8, 4) is 0 Å². The SMILES string of the molecule is O=C(O)CN1CCN(CC(=O)O)CCN(Cc2cccs2)CC1. The number of rotatable bonds is 6. The molecule has 2 N–H and O–H groups in total. The summed E-state index contributed by atoms with van der Waals surface area (Å²) in [6, 6.07) is 4.10. The van der Waals surface area contributed by atoms with Gasteiger partial charge >= 0.3 is 11.9 Å². The smallest absolute Gasteiger partial charge is 0.317 e. The van der Waals surface area contributed by atoms with Crippen LogP contribution in [0.4, 0.5) is 0 Å². The number of hydrogen-bond donors (Lipinski definition) is 2. The molecule has 0 amide bonds. The second kappa shape index (κ2) is 8.97. The van der Waals surface area contributed by atoms with Crippen molar-refractivity contribution in [1.29, 1.82) is 0 Å². The molecule has 0 aliphatic carbocycles. The van der Waals surface area contributed by atoms with Gasteiger partial charge in [0.25, 0.3) is 0 Å². The Morgan fingerprint density at radius 1 is 0.913 bits per heavy atom. The van der Waals surface area contributed by atoms with Gasteiger partial charge in [0, 0.05) is 50.7 Å². The molecule has 0 unspecified atom stereocenters. The Morgan fingerprint density at radius 3 is 1.78 bits per heavy atom. The van der Waals surface area contributed by atoms with Crippen molar-refractivity contribution in [2.24, 2.45) is 0 Å². The van der Waals surface area contributed by atoms with E-state index in [1.807, 2.05) is 21.2 Å². The first-order valence-corrected chi connectivity index (χ1v) is 8.54. The van der Waals surface area contributed by atoms with Crippen LogP contribution in [0.3, 0.4) is 0 Å². The lowest BCUT2D eigenvalue weighted by molar-refractivity contribution is -0.140. The monoisotopic (exact) mass is 341 g/mol. The van der Waals surface area contributed by atoms with E-state index < -0.39 is 11.9 Å². The fourth-order valence-corrected chi connectivity index (χ4v) is 3.41. The van der Waals surface area contributed by atoms with Crippen LogP contribution in [-0.2, 0) is 16.1 Å². The standard InChI is InChI=1S/C15H23N3O4S/c19-14(20)11-17-5-3-16(10-13-2-1-9-23-13)4-6-18(8-7-17)12-15(21)22/h1-2,9H,3-8,10-12H2,(H,19,20)(H,21,22). The molecule has 23 heavy (non-hydrogen) atoms. The van der Waals surface area contributed by atoms with Gasteiger partial charge in [-0.1, -0.05) is 6.07 Å². The van der Waals surface area contributed by atoms with Crippen LogP contribution in [0, 0.1) is 0 Å². The summed E-state index contributed by atoms with van der Waals surface area (Å²) in [5.41, 5.74) is 0. The summed E-state index contributed by atoms with van der Waals surface area (Å²) in [4.78, 5) is 29.3. The summed E-state index contributed by atoms with van der Waals surface area (Å²) in [7, 11) is 0. The van der Waals surface area contributed by atoms with Crippen molar-refractivity contribution in [3.63, 3.8) is 0 Å². The van der Waals surface area contributed by atoms with E-state index in [0.29, 0.717) is 26.2 Å². The van der Waals surface area contributed by atoms with Gasteiger partial charge < -0.3 is 10.2 Å². The maximum absolute atomic E-state index is 11.0. The topological polar surface area (TPSA) is 84.3 Å². The van der Waals surface area contributed by atoms with E-state index in [2.05, 4.69) is 11.0 Å². The van der Waals surface area contributed by atoms with Gasteiger partial charge in [0.2, 0.25) is 0 Å². The van der Waals surface area contributed by atoms with Crippen LogP contribution in [0.25, 0.3) is 0 Å². The van der Waals surface area contributed by atoms with Crippen LogP contribution >= 0.6 is 11.3 Å². The zero-order valence-electron chi connectivity index (χ0n) is 13.1. The van der Waals surface area contributed by atoms with Crippen LogP contribution < -0.4 is 0 Å². The van der Waals surface area contributed by atoms with Crippen molar-refractivity contribution < 1.29 is 19.8 Å². The van der Waals surface area contributed by atoms with Crippen LogP contribution in [0.1, 0.15) is 4.88 Å². The number of carboxylic acids is 2. The largest absolute Gasteiger partial charge is 0.480 e. The molecule has 1 aromatic heterocycles. The molecule has 1 fully saturated rings. The van der Waals surface area contributed by atoms with E-state index in [-0.39, 0.29) is 13.1 Å². The summed E-state index contributed by atoms with van der Waals surface area (Å²) in [5, 5.41) is 20.1. The molecule has 0 aromatic carbocycles. The predicted molar refractivity (Wildman–Crippen MR) is 87.7 cm³/mol. The molecule has 128 valence electrons. The van der Waals surface area contributed by atoms with Gasteiger partial charge in [-0.2, -0.15) is 0 Å². The molecular weight excluding hydrogens is 318 g/mol. The minimum absolute atomic E-state index is 0.00620. The van der Waals surface area contributed by atoms with Crippen molar-refractivity contribution in [3.05, 3.63) is 22.4 Å². The second-order valence-electron chi connectivity index (χ2n) is 5.70. The molecule has 0 saturated carbocycles. The highest BCUT2D eigenvalue weighted by molar-refractivity contribution is 7.09. The Labute approximate surface area is 139 Å². The predicted octanol–water partition coefficient (Wildman–Crippen LogP) is 0.337. The van der Waals surface area contributed by atoms with E-state index in [1.165, 1.54) is 4.88 Å². The Hall–Kier alpha value is -1.48. The van der Waals surface area contributed by atoms with Gasteiger partial charge in [-0.3, -0.25) is 24.3 Å². The van der Waals surface area contributed by atoms with E-state index in [4.69, 9.17) is 10.2 Å². The molecule has 1 saturated heterocycles. The third kappa shape index (κ3) is 6.66. The normalized spacial score (nSPS) is 19.0. The van der Waals surface area contributed by atoms with Gasteiger partial charge in [0.15, 0.2) is 0 Å². The molecule has 1 aromatic rings. The molecule has 7 nitrogen and oxygen atoms in total. The zero-order chi connectivity index (χ0) is 16.7. The first kappa shape index (κ1) is 17.9. The lowest BCUT2D eigenvalue weighted by atomic mass is 10.3. The van der Waals surface area contributed by atoms with Crippen LogP contribution in [0.2, 0.25) is 0 Å². The van der Waals surface area contributed by atoms with E-state index >= 15 is 0 Å². The van der Waals surface area contributed by atoms with E-state index in [9.17, 15) is 9.59 Å². The number of aliphatic carboxylic acids is 2. The maximum atomic E-state index is 11.0. The molecule has 1 aliphatic rings. The lowest BCUT2D eigenvalue weighted by Crippen LogP contribution is -2.40. The lowest BCUT2D eigenvalue weighted by Gasteiger charge is -2.24. The number of hydrogen-bond acceptors (Lipinski definition) is 6. The Bertz CT molecular complexity index is 481. The molecule has 0 spiro atoms. The third-order valence-corrected chi connectivity index (χ3v) is 4.74. The zero-order valence-corrected chi connectivity index (χ0v) is 13.9. The molecule has 8 heteroatoms. The van der Waals surface area contributed by atoms with Crippen molar-refractivity contribution in [2.45, 2.75) is 6.54 Å². The first-order valence-electron chi connectivity index (χ1n) is 7.66. The quantitative estimate of drug-likeness (QED) is 0.772. The van der Waals surface area contributed by atoms with Gasteiger partial charge in [0.1, 0.15) is 0 Å². The van der Waals surface area contributed by atoms with Crippen molar-refractivity contribution in [1.82, 2.24) is 14.7 Å². The maximum Gasteiger partial charge on any atom is 0.317 e. The van der Waals surface area contributed by atoms with Gasteiger partial charge in [0.05, 0.1) is 13.1 Å². The summed E-state index contributed by atoms with van der Waals surface area (Å²) >= 11 is 1.70. The average Bonchev–Trinajstić information content (AvgIpc) is 2.99. The fourth-order valence-electron chi connectivity index (χ4n) is 2.66. The summed E-state index contributed by atoms with van der Waals surface area (Å²) < 4.78 is 0. The highest BCUT2D eigenvalue weighted by Crippen LogP contribution is 2.12. The Balaban J connectivity index is 2.00. The highest BCUT2D eigenvalue weighted by Gasteiger charge is 2.19. The number of carboxylic acid groups (broad SMARTS) is 2. The summed E-state index contributed by atoms with van der Waals surface area (Å²) in [5.74, 6) is -1.70.